The number of nitrogens with one attached hydrogen (secondary N) is 1. The van der Waals surface area contributed by atoms with Crippen molar-refractivity contribution < 1.29 is 0 Å². The minimum Gasteiger partial charge on any atom is -0.345 e. The normalized spacial score (nSPS) is 13.5. The molecule has 0 fully saturated rings. The summed E-state index contributed by atoms with van der Waals surface area (Å²) in [5, 5.41) is 4.70. The Morgan fingerprint density at radius 1 is 1.18 bits per heavy atom. The molecule has 1 heterocycles. The van der Waals surface area contributed by atoms with E-state index in [0.717, 1.165) is 6.42 Å². The number of benzene rings is 1. The molecule has 17 heavy (non-hydrogen) atoms. The maximum absolute atomic E-state index is 3.31. The molecule has 2 rings (SSSR count). The van der Waals surface area contributed by atoms with Gasteiger partial charge in [0.2, 0.25) is 0 Å². The van der Waals surface area contributed by atoms with Gasteiger partial charge in [0, 0.05) is 29.2 Å². The number of hydrogen-bond acceptors (Lipinski definition) is 1. The first-order valence-corrected chi connectivity index (χ1v) is 6.39. The molecule has 0 aliphatic heterocycles. The Kier molecular flexibility index (Phi) is 3.53. The third kappa shape index (κ3) is 2.37. The lowest BCUT2D eigenvalue weighted by Gasteiger charge is -2.09. The van der Waals surface area contributed by atoms with E-state index in [0.29, 0.717) is 12.1 Å². The van der Waals surface area contributed by atoms with Gasteiger partial charge in [-0.2, -0.15) is 0 Å². The lowest BCUT2D eigenvalue weighted by Crippen LogP contribution is -2.23. The summed E-state index contributed by atoms with van der Waals surface area (Å²) in [6.07, 6.45) is 3.39. The molecule has 0 saturated carbocycles. The molecule has 1 aromatic carbocycles. The lowest BCUT2D eigenvalue weighted by molar-refractivity contribution is 0.598. The van der Waals surface area contributed by atoms with E-state index in [1.807, 2.05) is 7.05 Å². The van der Waals surface area contributed by atoms with Gasteiger partial charge < -0.3 is 9.88 Å². The largest absolute Gasteiger partial charge is 0.345 e. The molecule has 2 aromatic rings. The predicted octanol–water partition coefficient (Wildman–Crippen LogP) is 3.37. The Morgan fingerprint density at radius 3 is 2.53 bits per heavy atom. The van der Waals surface area contributed by atoms with Crippen molar-refractivity contribution in [1.29, 1.82) is 0 Å². The van der Waals surface area contributed by atoms with Gasteiger partial charge in [-0.3, -0.25) is 0 Å². The Bertz CT molecular complexity index is 497. The molecule has 0 spiro atoms. The topological polar surface area (TPSA) is 17.0 Å². The van der Waals surface area contributed by atoms with Crippen LogP contribution in [0.2, 0.25) is 0 Å². The van der Waals surface area contributed by atoms with Crippen LogP contribution in [0.4, 0.5) is 0 Å². The van der Waals surface area contributed by atoms with Crippen LogP contribution in [0, 0.1) is 0 Å². The molecular formula is C15H22N2. The monoisotopic (exact) mass is 230 g/mol. The highest BCUT2D eigenvalue weighted by atomic mass is 15.0. The standard InChI is InChI=1S/C15H22N2/c1-11(2)17-10-13(9-12(3)16-4)14-7-5-6-8-15(14)17/h5-8,10-12,16H,9H2,1-4H3. The Morgan fingerprint density at radius 2 is 1.88 bits per heavy atom. The smallest absolute Gasteiger partial charge is 0.0485 e. The molecule has 1 N–H and O–H groups in total. The van der Waals surface area contributed by atoms with Crippen molar-refractivity contribution in [2.24, 2.45) is 0 Å². The average Bonchev–Trinajstić information content (AvgIpc) is 2.68. The van der Waals surface area contributed by atoms with Gasteiger partial charge in [0.15, 0.2) is 0 Å². The van der Waals surface area contributed by atoms with Crippen LogP contribution >= 0.6 is 0 Å². The van der Waals surface area contributed by atoms with Crippen LogP contribution in [0.1, 0.15) is 32.4 Å². The molecule has 0 amide bonds. The van der Waals surface area contributed by atoms with Crippen molar-refractivity contribution in [2.45, 2.75) is 39.3 Å². The van der Waals surface area contributed by atoms with Gasteiger partial charge in [-0.25, -0.2) is 0 Å². The van der Waals surface area contributed by atoms with Crippen molar-refractivity contribution >= 4 is 10.9 Å². The van der Waals surface area contributed by atoms with E-state index in [1.54, 1.807) is 0 Å². The van der Waals surface area contributed by atoms with Crippen LogP contribution in [0.5, 0.6) is 0 Å². The van der Waals surface area contributed by atoms with Gasteiger partial charge >= 0.3 is 0 Å². The molecule has 2 heteroatoms. The third-order valence-corrected chi connectivity index (χ3v) is 3.40. The van der Waals surface area contributed by atoms with Gasteiger partial charge in [-0.15, -0.1) is 0 Å². The molecule has 0 saturated heterocycles. The van der Waals surface area contributed by atoms with Gasteiger partial charge in [0.05, 0.1) is 0 Å². The average molecular weight is 230 g/mol. The van der Waals surface area contributed by atoms with Crippen molar-refractivity contribution in [1.82, 2.24) is 9.88 Å². The number of nitrogens with zero attached hydrogens (tertiary/aromatic N) is 1. The first kappa shape index (κ1) is 12.2. The third-order valence-electron chi connectivity index (χ3n) is 3.40. The van der Waals surface area contributed by atoms with Crippen LogP contribution < -0.4 is 5.32 Å². The molecule has 1 aromatic heterocycles. The SMILES string of the molecule is CNC(C)Cc1cn(C(C)C)c2ccccc12. The molecule has 0 aliphatic rings. The second kappa shape index (κ2) is 4.92. The van der Waals surface area contributed by atoms with Crippen molar-refractivity contribution in [3.05, 3.63) is 36.0 Å². The number of aromatic nitrogens is 1. The molecule has 0 radical (unpaired) electrons. The molecule has 0 aliphatic carbocycles. The van der Waals surface area contributed by atoms with Crippen LogP contribution in [-0.4, -0.2) is 17.7 Å². The molecule has 1 atom stereocenters. The number of likely N-dealkylation sites (N-methyl/N-ethyl adjacent to an activating group) is 1. The fourth-order valence-electron chi connectivity index (χ4n) is 2.30. The maximum atomic E-state index is 3.31. The summed E-state index contributed by atoms with van der Waals surface area (Å²) >= 11 is 0. The van der Waals surface area contributed by atoms with E-state index < -0.39 is 0 Å². The van der Waals surface area contributed by atoms with Gasteiger partial charge in [0.25, 0.3) is 0 Å². The van der Waals surface area contributed by atoms with Crippen LogP contribution in [0.25, 0.3) is 10.9 Å². The fourth-order valence-corrected chi connectivity index (χ4v) is 2.30. The van der Waals surface area contributed by atoms with E-state index in [2.05, 4.69) is 61.1 Å². The van der Waals surface area contributed by atoms with Gasteiger partial charge in [-0.1, -0.05) is 18.2 Å². The molecule has 1 unspecified atom stereocenters. The Labute approximate surface area is 104 Å². The number of rotatable bonds is 4. The molecule has 92 valence electrons. The highest BCUT2D eigenvalue weighted by Crippen LogP contribution is 2.25. The summed E-state index contributed by atoms with van der Waals surface area (Å²) in [6, 6.07) is 9.71. The zero-order valence-corrected chi connectivity index (χ0v) is 11.2. The van der Waals surface area contributed by atoms with Crippen LogP contribution in [-0.2, 0) is 6.42 Å². The molecule has 0 bridgehead atoms. The molecular weight excluding hydrogens is 208 g/mol. The van der Waals surface area contributed by atoms with Crippen molar-refractivity contribution in [2.75, 3.05) is 7.05 Å². The minimum absolute atomic E-state index is 0.513. The van der Waals surface area contributed by atoms with Crippen molar-refractivity contribution in [3.8, 4) is 0 Å². The summed E-state index contributed by atoms with van der Waals surface area (Å²) in [4.78, 5) is 0. The summed E-state index contributed by atoms with van der Waals surface area (Å²) in [6.45, 7) is 6.69. The second-order valence-corrected chi connectivity index (χ2v) is 5.07. The Balaban J connectivity index is 2.49. The first-order valence-electron chi connectivity index (χ1n) is 6.39. The number of para-hydroxylation sites is 1. The van der Waals surface area contributed by atoms with E-state index in [1.165, 1.54) is 16.5 Å². The first-order chi connectivity index (χ1) is 8.13. The number of hydrogen-bond donors (Lipinski definition) is 1. The van der Waals surface area contributed by atoms with Crippen LogP contribution in [0.15, 0.2) is 30.5 Å². The zero-order valence-electron chi connectivity index (χ0n) is 11.2. The lowest BCUT2D eigenvalue weighted by atomic mass is 10.1. The minimum atomic E-state index is 0.513. The quantitative estimate of drug-likeness (QED) is 0.852. The summed E-state index contributed by atoms with van der Waals surface area (Å²) in [7, 11) is 2.02. The summed E-state index contributed by atoms with van der Waals surface area (Å²) in [5.41, 5.74) is 2.79. The highest BCUT2D eigenvalue weighted by Gasteiger charge is 2.11. The zero-order chi connectivity index (χ0) is 12.4. The van der Waals surface area contributed by atoms with E-state index in [4.69, 9.17) is 0 Å². The Hall–Kier alpha value is -1.28. The summed E-state index contributed by atoms with van der Waals surface area (Å²) in [5.74, 6) is 0. The molecule has 2 nitrogen and oxygen atoms in total. The van der Waals surface area contributed by atoms with Crippen LogP contribution in [0.3, 0.4) is 0 Å². The maximum Gasteiger partial charge on any atom is 0.0485 e. The number of fused-ring (bicyclic) bond motifs is 1. The highest BCUT2D eigenvalue weighted by molar-refractivity contribution is 5.84. The van der Waals surface area contributed by atoms with E-state index in [9.17, 15) is 0 Å². The van der Waals surface area contributed by atoms with Gasteiger partial charge in [0.1, 0.15) is 0 Å². The van der Waals surface area contributed by atoms with E-state index in [-0.39, 0.29) is 0 Å². The van der Waals surface area contributed by atoms with Crippen molar-refractivity contribution in [3.63, 3.8) is 0 Å². The second-order valence-electron chi connectivity index (χ2n) is 5.07. The van der Waals surface area contributed by atoms with Gasteiger partial charge in [-0.05, 0) is 45.9 Å². The predicted molar refractivity (Wildman–Crippen MR) is 74.5 cm³/mol. The fraction of sp³-hybridized carbons (Fsp3) is 0.467. The van der Waals surface area contributed by atoms with E-state index >= 15 is 0 Å². The summed E-state index contributed by atoms with van der Waals surface area (Å²) < 4.78 is 2.37.